The van der Waals surface area contributed by atoms with Crippen molar-refractivity contribution < 1.29 is 4.79 Å². The number of nitrogens with zero attached hydrogens (tertiary/aromatic N) is 3. The molecule has 0 bridgehead atoms. The van der Waals surface area contributed by atoms with Crippen LogP contribution in [0.15, 0.2) is 48.5 Å². The number of anilines is 1. The van der Waals surface area contributed by atoms with Crippen LogP contribution >= 0.6 is 11.6 Å². The fourth-order valence-electron chi connectivity index (χ4n) is 3.76. The summed E-state index contributed by atoms with van der Waals surface area (Å²) < 4.78 is 1.67. The summed E-state index contributed by atoms with van der Waals surface area (Å²) in [5, 5.41) is 8.28. The quantitative estimate of drug-likeness (QED) is 0.550. The van der Waals surface area contributed by atoms with Crippen LogP contribution in [0.2, 0.25) is 5.02 Å². The molecule has 0 radical (unpaired) electrons. The SMILES string of the molecule is Cc1nn(-c2nc3ccccc3[nH]2)c2c1C(c1ccccc1Cl)CC(=O)N2. The number of halogens is 1. The molecule has 5 rings (SSSR count). The van der Waals surface area contributed by atoms with Gasteiger partial charge in [0.1, 0.15) is 5.82 Å². The molecule has 2 aromatic carbocycles. The Labute approximate surface area is 160 Å². The number of carbonyl (C=O) groups excluding carboxylic acids is 1. The zero-order chi connectivity index (χ0) is 18.5. The van der Waals surface area contributed by atoms with Crippen molar-refractivity contribution in [3.8, 4) is 5.95 Å². The molecule has 6 nitrogen and oxygen atoms in total. The summed E-state index contributed by atoms with van der Waals surface area (Å²) in [4.78, 5) is 20.3. The maximum Gasteiger partial charge on any atom is 0.231 e. The molecule has 27 heavy (non-hydrogen) atoms. The summed E-state index contributed by atoms with van der Waals surface area (Å²) in [5.41, 5.74) is 4.51. The van der Waals surface area contributed by atoms with E-state index in [4.69, 9.17) is 11.6 Å². The molecule has 0 aliphatic carbocycles. The minimum absolute atomic E-state index is 0.0651. The minimum atomic E-state index is -0.138. The van der Waals surface area contributed by atoms with Crippen LogP contribution in [0.1, 0.15) is 29.2 Å². The van der Waals surface area contributed by atoms with Crippen LogP contribution in [-0.2, 0) is 4.79 Å². The first kappa shape index (κ1) is 16.1. The van der Waals surface area contributed by atoms with Gasteiger partial charge >= 0.3 is 0 Å². The molecule has 1 aliphatic rings. The van der Waals surface area contributed by atoms with Crippen molar-refractivity contribution in [3.05, 3.63) is 70.4 Å². The third kappa shape index (κ3) is 2.52. The highest BCUT2D eigenvalue weighted by molar-refractivity contribution is 6.31. The lowest BCUT2D eigenvalue weighted by Crippen LogP contribution is -2.25. The second kappa shape index (κ2) is 5.96. The zero-order valence-electron chi connectivity index (χ0n) is 14.5. The topological polar surface area (TPSA) is 75.6 Å². The van der Waals surface area contributed by atoms with E-state index in [1.807, 2.05) is 55.5 Å². The molecule has 2 aromatic heterocycles. The van der Waals surface area contributed by atoms with Gasteiger partial charge in [-0.3, -0.25) is 4.79 Å². The Morgan fingerprint density at radius 1 is 1.15 bits per heavy atom. The fourth-order valence-corrected chi connectivity index (χ4v) is 4.03. The number of aromatic amines is 1. The van der Waals surface area contributed by atoms with E-state index in [-0.39, 0.29) is 11.8 Å². The summed E-state index contributed by atoms with van der Waals surface area (Å²) in [6.07, 6.45) is 0.337. The van der Waals surface area contributed by atoms with Gasteiger partial charge in [0.2, 0.25) is 11.9 Å². The van der Waals surface area contributed by atoms with E-state index < -0.39 is 0 Å². The van der Waals surface area contributed by atoms with Crippen LogP contribution in [0.3, 0.4) is 0 Å². The lowest BCUT2D eigenvalue weighted by atomic mass is 9.86. The van der Waals surface area contributed by atoms with Gasteiger partial charge in [-0.15, -0.1) is 0 Å². The van der Waals surface area contributed by atoms with Crippen molar-refractivity contribution in [2.45, 2.75) is 19.3 Å². The van der Waals surface area contributed by atoms with Gasteiger partial charge in [-0.25, -0.2) is 4.98 Å². The Balaban J connectivity index is 1.70. The standard InChI is InChI=1S/C20H16ClN5O/c1-11-18-13(12-6-2-3-7-14(12)21)10-17(27)24-19(18)26(25-11)20-22-15-8-4-5-9-16(15)23-20/h2-9,13H,10H2,1H3,(H,22,23)(H,24,27). The van der Waals surface area contributed by atoms with Crippen LogP contribution in [-0.4, -0.2) is 25.7 Å². The summed E-state index contributed by atoms with van der Waals surface area (Å²) in [6, 6.07) is 15.4. The normalized spacial score (nSPS) is 16.4. The van der Waals surface area contributed by atoms with Gasteiger partial charge in [0.05, 0.1) is 16.7 Å². The highest BCUT2D eigenvalue weighted by Gasteiger charge is 2.34. The first-order valence-corrected chi connectivity index (χ1v) is 9.08. The van der Waals surface area contributed by atoms with Gasteiger partial charge in [-0.05, 0) is 30.7 Å². The first-order valence-electron chi connectivity index (χ1n) is 8.70. The molecule has 0 spiro atoms. The maximum atomic E-state index is 12.5. The summed E-state index contributed by atoms with van der Waals surface area (Å²) >= 11 is 6.42. The van der Waals surface area contributed by atoms with Crippen molar-refractivity contribution in [2.24, 2.45) is 0 Å². The number of fused-ring (bicyclic) bond motifs is 2. The second-order valence-electron chi connectivity index (χ2n) is 6.66. The molecule has 3 heterocycles. The molecule has 0 fully saturated rings. The van der Waals surface area contributed by atoms with Gasteiger partial charge in [0.15, 0.2) is 0 Å². The van der Waals surface area contributed by atoms with Crippen molar-refractivity contribution in [2.75, 3.05) is 5.32 Å². The lowest BCUT2D eigenvalue weighted by molar-refractivity contribution is -0.116. The molecule has 1 amide bonds. The number of H-pyrrole nitrogens is 1. The zero-order valence-corrected chi connectivity index (χ0v) is 15.3. The third-order valence-corrected chi connectivity index (χ3v) is 5.30. The number of benzene rings is 2. The van der Waals surface area contributed by atoms with Crippen molar-refractivity contribution >= 4 is 34.4 Å². The Morgan fingerprint density at radius 3 is 2.74 bits per heavy atom. The Morgan fingerprint density at radius 2 is 1.93 bits per heavy atom. The van der Waals surface area contributed by atoms with Crippen LogP contribution in [0.5, 0.6) is 0 Å². The average Bonchev–Trinajstić information content (AvgIpc) is 3.22. The molecule has 0 saturated heterocycles. The summed E-state index contributed by atoms with van der Waals surface area (Å²) in [6.45, 7) is 1.94. The first-order chi connectivity index (χ1) is 13.1. The van der Waals surface area contributed by atoms with Crippen LogP contribution in [0.25, 0.3) is 17.0 Å². The van der Waals surface area contributed by atoms with E-state index in [1.54, 1.807) is 4.68 Å². The predicted octanol–water partition coefficient (Wildman–Crippen LogP) is 4.18. The van der Waals surface area contributed by atoms with Crippen LogP contribution in [0.4, 0.5) is 5.82 Å². The van der Waals surface area contributed by atoms with Crippen molar-refractivity contribution in [1.82, 2.24) is 19.7 Å². The lowest BCUT2D eigenvalue weighted by Gasteiger charge is -2.24. The van der Waals surface area contributed by atoms with Crippen LogP contribution < -0.4 is 5.32 Å². The van der Waals surface area contributed by atoms with Crippen molar-refractivity contribution in [3.63, 3.8) is 0 Å². The number of amides is 1. The van der Waals surface area contributed by atoms with Crippen LogP contribution in [0, 0.1) is 6.92 Å². The largest absolute Gasteiger partial charge is 0.322 e. The number of imidazole rings is 1. The third-order valence-electron chi connectivity index (χ3n) is 4.96. The smallest absolute Gasteiger partial charge is 0.231 e. The van der Waals surface area contributed by atoms with E-state index in [9.17, 15) is 4.79 Å². The molecule has 7 heteroatoms. The molecular weight excluding hydrogens is 362 g/mol. The number of aryl methyl sites for hydroxylation is 1. The highest BCUT2D eigenvalue weighted by atomic mass is 35.5. The number of hydrogen-bond acceptors (Lipinski definition) is 3. The average molecular weight is 378 g/mol. The van der Waals surface area contributed by atoms with Gasteiger partial charge in [-0.2, -0.15) is 9.78 Å². The molecule has 1 atom stereocenters. The number of hydrogen-bond donors (Lipinski definition) is 2. The molecule has 2 N–H and O–H groups in total. The number of para-hydroxylation sites is 2. The summed E-state index contributed by atoms with van der Waals surface area (Å²) in [5.74, 6) is 1.01. The van der Waals surface area contributed by atoms with Gasteiger partial charge in [-0.1, -0.05) is 41.9 Å². The minimum Gasteiger partial charge on any atom is -0.322 e. The Hall–Kier alpha value is -3.12. The van der Waals surface area contributed by atoms with E-state index >= 15 is 0 Å². The van der Waals surface area contributed by atoms with E-state index in [0.29, 0.717) is 23.2 Å². The molecule has 0 saturated carbocycles. The van der Waals surface area contributed by atoms with Crippen molar-refractivity contribution in [1.29, 1.82) is 0 Å². The predicted molar refractivity (Wildman–Crippen MR) is 104 cm³/mol. The number of nitrogens with one attached hydrogen (secondary N) is 2. The number of rotatable bonds is 2. The van der Waals surface area contributed by atoms with E-state index in [2.05, 4.69) is 20.4 Å². The molecule has 134 valence electrons. The fraction of sp³-hybridized carbons (Fsp3) is 0.150. The Kier molecular flexibility index (Phi) is 3.55. The molecular formula is C20H16ClN5O. The Bertz CT molecular complexity index is 1160. The number of carbonyl (C=O) groups is 1. The highest BCUT2D eigenvalue weighted by Crippen LogP contribution is 2.42. The maximum absolute atomic E-state index is 12.5. The molecule has 4 aromatic rings. The van der Waals surface area contributed by atoms with E-state index in [1.165, 1.54) is 0 Å². The number of aromatic nitrogens is 4. The van der Waals surface area contributed by atoms with Gasteiger partial charge in [0.25, 0.3) is 0 Å². The van der Waals surface area contributed by atoms with E-state index in [0.717, 1.165) is 27.9 Å². The monoisotopic (exact) mass is 377 g/mol. The molecule has 1 aliphatic heterocycles. The van der Waals surface area contributed by atoms with Gasteiger partial charge in [0, 0.05) is 22.9 Å². The summed E-state index contributed by atoms with van der Waals surface area (Å²) in [7, 11) is 0. The second-order valence-corrected chi connectivity index (χ2v) is 7.07. The van der Waals surface area contributed by atoms with Gasteiger partial charge < -0.3 is 10.3 Å². The molecule has 1 unspecified atom stereocenters.